The van der Waals surface area contributed by atoms with Crippen LogP contribution in [-0.2, 0) is 26.2 Å². The summed E-state index contributed by atoms with van der Waals surface area (Å²) >= 11 is 6.37. The monoisotopic (exact) mass is 585 g/mol. The number of sulfonamides is 1. The molecule has 0 saturated heterocycles. The number of carbonyl (C=O) groups excluding carboxylic acids is 2. The molecule has 0 aliphatic heterocycles. The van der Waals surface area contributed by atoms with E-state index < -0.39 is 28.5 Å². The molecule has 0 fully saturated rings. The number of benzene rings is 3. The molecular formula is C30H36ClN3O5S. The summed E-state index contributed by atoms with van der Waals surface area (Å²) in [6, 6.07) is 17.4. The SMILES string of the molecule is COc1ccc(CN(C(=O)CN(c2cccc(Cl)c2C)S(=O)(=O)c2ccc(C)cc2)[C@@H](C)C(=O)NC(C)C)cc1. The van der Waals surface area contributed by atoms with E-state index in [0.717, 1.165) is 15.4 Å². The molecule has 0 unspecified atom stereocenters. The molecule has 3 aromatic rings. The van der Waals surface area contributed by atoms with Crippen molar-refractivity contribution in [3.8, 4) is 5.75 Å². The third kappa shape index (κ3) is 7.34. The van der Waals surface area contributed by atoms with E-state index in [1.54, 1.807) is 75.6 Å². The first-order valence-electron chi connectivity index (χ1n) is 12.9. The van der Waals surface area contributed by atoms with Gasteiger partial charge in [0.15, 0.2) is 0 Å². The molecular weight excluding hydrogens is 550 g/mol. The molecule has 0 heterocycles. The Kier molecular flexibility index (Phi) is 10.2. The van der Waals surface area contributed by atoms with Gasteiger partial charge in [0, 0.05) is 17.6 Å². The lowest BCUT2D eigenvalue weighted by Crippen LogP contribution is -2.52. The van der Waals surface area contributed by atoms with Crippen LogP contribution in [-0.4, -0.2) is 50.9 Å². The maximum Gasteiger partial charge on any atom is 0.264 e. The molecule has 1 N–H and O–H groups in total. The maximum atomic E-state index is 14.0. The Bertz CT molecular complexity index is 1440. The zero-order valence-corrected chi connectivity index (χ0v) is 25.2. The van der Waals surface area contributed by atoms with E-state index in [0.29, 0.717) is 16.3 Å². The lowest BCUT2D eigenvalue weighted by atomic mass is 10.1. The van der Waals surface area contributed by atoms with Gasteiger partial charge in [-0.2, -0.15) is 0 Å². The van der Waals surface area contributed by atoms with Crippen molar-refractivity contribution in [2.24, 2.45) is 0 Å². The van der Waals surface area contributed by atoms with E-state index in [-0.39, 0.29) is 29.1 Å². The molecule has 0 aliphatic rings. The van der Waals surface area contributed by atoms with Gasteiger partial charge in [0.05, 0.1) is 17.7 Å². The maximum absolute atomic E-state index is 14.0. The predicted molar refractivity (Wildman–Crippen MR) is 158 cm³/mol. The second kappa shape index (κ2) is 13.2. The van der Waals surface area contributed by atoms with Gasteiger partial charge in [0.1, 0.15) is 18.3 Å². The number of ether oxygens (including phenoxy) is 1. The first-order valence-corrected chi connectivity index (χ1v) is 14.7. The van der Waals surface area contributed by atoms with E-state index in [1.807, 2.05) is 20.8 Å². The summed E-state index contributed by atoms with van der Waals surface area (Å²) in [4.78, 5) is 28.4. The molecule has 3 rings (SSSR count). The van der Waals surface area contributed by atoms with Crippen LogP contribution in [0.1, 0.15) is 37.5 Å². The Morgan fingerprint density at radius 3 is 2.15 bits per heavy atom. The van der Waals surface area contributed by atoms with Crippen molar-refractivity contribution in [3.63, 3.8) is 0 Å². The van der Waals surface area contributed by atoms with Crippen molar-refractivity contribution in [1.82, 2.24) is 10.2 Å². The number of nitrogens with one attached hydrogen (secondary N) is 1. The van der Waals surface area contributed by atoms with Crippen molar-refractivity contribution in [2.75, 3.05) is 18.0 Å². The van der Waals surface area contributed by atoms with Gasteiger partial charge < -0.3 is 15.0 Å². The van der Waals surface area contributed by atoms with Crippen molar-refractivity contribution in [1.29, 1.82) is 0 Å². The Hall–Kier alpha value is -3.56. The molecule has 1 atom stereocenters. The van der Waals surface area contributed by atoms with Crippen molar-refractivity contribution < 1.29 is 22.7 Å². The Morgan fingerprint density at radius 2 is 1.57 bits per heavy atom. The van der Waals surface area contributed by atoms with Crippen LogP contribution < -0.4 is 14.4 Å². The third-order valence-electron chi connectivity index (χ3n) is 6.51. The highest BCUT2D eigenvalue weighted by molar-refractivity contribution is 7.92. The topological polar surface area (TPSA) is 96.0 Å². The number of methoxy groups -OCH3 is 1. The number of anilines is 1. The number of aryl methyl sites for hydroxylation is 1. The summed E-state index contributed by atoms with van der Waals surface area (Å²) < 4.78 is 34.2. The highest BCUT2D eigenvalue weighted by Gasteiger charge is 2.33. The highest BCUT2D eigenvalue weighted by Crippen LogP contribution is 2.31. The second-order valence-corrected chi connectivity index (χ2v) is 12.2. The zero-order chi connectivity index (χ0) is 29.6. The number of carbonyl (C=O) groups is 2. The van der Waals surface area contributed by atoms with Crippen LogP contribution in [0.3, 0.4) is 0 Å². The fourth-order valence-electron chi connectivity index (χ4n) is 4.13. The van der Waals surface area contributed by atoms with Gasteiger partial charge in [-0.15, -0.1) is 0 Å². The first-order chi connectivity index (χ1) is 18.8. The lowest BCUT2D eigenvalue weighted by Gasteiger charge is -2.33. The van der Waals surface area contributed by atoms with Crippen LogP contribution in [0.2, 0.25) is 5.02 Å². The number of rotatable bonds is 11. The molecule has 214 valence electrons. The van der Waals surface area contributed by atoms with Gasteiger partial charge in [0.2, 0.25) is 11.8 Å². The normalized spacial score (nSPS) is 12.1. The van der Waals surface area contributed by atoms with Crippen LogP contribution in [0.25, 0.3) is 0 Å². The molecule has 2 amide bonds. The molecule has 0 radical (unpaired) electrons. The van der Waals surface area contributed by atoms with E-state index in [9.17, 15) is 18.0 Å². The highest BCUT2D eigenvalue weighted by atomic mass is 35.5. The Balaban J connectivity index is 2.06. The van der Waals surface area contributed by atoms with E-state index >= 15 is 0 Å². The smallest absolute Gasteiger partial charge is 0.264 e. The first kappa shape index (κ1) is 31.0. The van der Waals surface area contributed by atoms with Crippen LogP contribution in [0.5, 0.6) is 5.75 Å². The van der Waals surface area contributed by atoms with Gasteiger partial charge in [-0.25, -0.2) is 8.42 Å². The number of amides is 2. The van der Waals surface area contributed by atoms with Crippen LogP contribution in [0, 0.1) is 13.8 Å². The van der Waals surface area contributed by atoms with Crippen LogP contribution in [0.4, 0.5) is 5.69 Å². The van der Waals surface area contributed by atoms with E-state index in [4.69, 9.17) is 16.3 Å². The molecule has 0 aromatic heterocycles. The molecule has 3 aromatic carbocycles. The fourth-order valence-corrected chi connectivity index (χ4v) is 5.77. The van der Waals surface area contributed by atoms with E-state index in [1.165, 1.54) is 17.0 Å². The van der Waals surface area contributed by atoms with Crippen LogP contribution in [0.15, 0.2) is 71.6 Å². The van der Waals surface area contributed by atoms with Gasteiger partial charge in [-0.3, -0.25) is 13.9 Å². The predicted octanol–water partition coefficient (Wildman–Crippen LogP) is 5.10. The molecule has 0 spiro atoms. The Labute approximate surface area is 241 Å². The Morgan fingerprint density at radius 1 is 0.950 bits per heavy atom. The van der Waals surface area contributed by atoms with Crippen molar-refractivity contribution in [2.45, 2.75) is 58.1 Å². The summed E-state index contributed by atoms with van der Waals surface area (Å²) in [5.41, 5.74) is 2.45. The van der Waals surface area contributed by atoms with Crippen LogP contribution >= 0.6 is 11.6 Å². The lowest BCUT2D eigenvalue weighted by molar-refractivity contribution is -0.139. The van der Waals surface area contributed by atoms with Gasteiger partial charge >= 0.3 is 0 Å². The average Bonchev–Trinajstić information content (AvgIpc) is 2.91. The average molecular weight is 586 g/mol. The minimum atomic E-state index is -4.18. The third-order valence-corrected chi connectivity index (χ3v) is 8.69. The summed E-state index contributed by atoms with van der Waals surface area (Å²) in [6.07, 6.45) is 0. The standard InChI is InChI=1S/C30H36ClN3O5S/c1-20(2)32-30(36)23(5)33(18-24-12-14-25(39-6)15-13-24)29(35)19-34(28-9-7-8-27(31)22(28)4)40(37,38)26-16-10-21(3)11-17-26/h7-17,20,23H,18-19H2,1-6H3,(H,32,36)/t23-/m0/s1. The molecule has 0 saturated carbocycles. The van der Waals surface area contributed by atoms with Gasteiger partial charge in [0.25, 0.3) is 10.0 Å². The minimum absolute atomic E-state index is 0.0394. The minimum Gasteiger partial charge on any atom is -0.497 e. The molecule has 0 bridgehead atoms. The zero-order valence-electron chi connectivity index (χ0n) is 23.6. The molecule has 10 heteroatoms. The molecule has 40 heavy (non-hydrogen) atoms. The van der Waals surface area contributed by atoms with Gasteiger partial charge in [-0.1, -0.05) is 47.5 Å². The van der Waals surface area contributed by atoms with Crippen molar-refractivity contribution >= 4 is 39.1 Å². The summed E-state index contributed by atoms with van der Waals surface area (Å²) in [6.45, 7) is 8.40. The second-order valence-electron chi connectivity index (χ2n) is 9.92. The number of nitrogens with zero attached hydrogens (tertiary/aromatic N) is 2. The quantitative estimate of drug-likeness (QED) is 0.338. The van der Waals surface area contributed by atoms with Gasteiger partial charge in [-0.05, 0) is 82.1 Å². The number of halogens is 1. The number of hydrogen-bond donors (Lipinski definition) is 1. The number of hydrogen-bond acceptors (Lipinski definition) is 5. The summed E-state index contributed by atoms with van der Waals surface area (Å²) in [5, 5.41) is 3.21. The summed E-state index contributed by atoms with van der Waals surface area (Å²) in [7, 11) is -2.62. The fraction of sp³-hybridized carbons (Fsp3) is 0.333. The molecule has 0 aliphatic carbocycles. The largest absolute Gasteiger partial charge is 0.497 e. The summed E-state index contributed by atoms with van der Waals surface area (Å²) in [5.74, 6) is -0.236. The molecule has 8 nitrogen and oxygen atoms in total. The van der Waals surface area contributed by atoms with E-state index in [2.05, 4.69) is 5.32 Å². The van der Waals surface area contributed by atoms with Crippen molar-refractivity contribution in [3.05, 3.63) is 88.4 Å².